The highest BCUT2D eigenvalue weighted by Crippen LogP contribution is 2.29. The van der Waals surface area contributed by atoms with Gasteiger partial charge in [-0.25, -0.2) is 0 Å². The largest absolute Gasteiger partial charge is 0.416 e. The van der Waals surface area contributed by atoms with E-state index in [2.05, 4.69) is 31.0 Å². The highest BCUT2D eigenvalue weighted by Gasteiger charge is 2.30. The minimum atomic E-state index is -4.44. The van der Waals surface area contributed by atoms with Crippen molar-refractivity contribution in [3.05, 3.63) is 95.1 Å². The predicted octanol–water partition coefficient (Wildman–Crippen LogP) is 6.22. The first-order valence-corrected chi connectivity index (χ1v) is 12.2. The number of alkyl halides is 3. The molecule has 194 valence electrons. The number of halogens is 3. The van der Waals surface area contributed by atoms with Crippen LogP contribution in [0, 0.1) is 0 Å². The molecule has 0 atom stereocenters. The number of rotatable bonds is 4. The van der Waals surface area contributed by atoms with Crippen molar-refractivity contribution in [2.45, 2.75) is 32.4 Å². The minimum absolute atomic E-state index is 0.0291. The normalized spacial score (nSPS) is 14.4. The summed E-state index contributed by atoms with van der Waals surface area (Å²) in [5, 5.41) is 2.71. The summed E-state index contributed by atoms with van der Waals surface area (Å²) < 4.78 is 38.2. The van der Waals surface area contributed by atoms with Crippen molar-refractivity contribution in [3.8, 4) is 0 Å². The van der Waals surface area contributed by atoms with Gasteiger partial charge in [0, 0.05) is 48.7 Å². The van der Waals surface area contributed by atoms with Gasteiger partial charge in [0.25, 0.3) is 11.8 Å². The van der Waals surface area contributed by atoms with E-state index in [9.17, 15) is 22.8 Å². The van der Waals surface area contributed by atoms with Crippen LogP contribution in [0.4, 0.5) is 24.5 Å². The molecule has 1 aliphatic rings. The van der Waals surface area contributed by atoms with Gasteiger partial charge in [0.1, 0.15) is 0 Å². The Morgan fingerprint density at radius 1 is 0.703 bits per heavy atom. The second kappa shape index (κ2) is 10.3. The molecule has 0 unspecified atom stereocenters. The van der Waals surface area contributed by atoms with Gasteiger partial charge in [0.05, 0.1) is 5.56 Å². The van der Waals surface area contributed by atoms with E-state index in [1.165, 1.54) is 5.56 Å². The van der Waals surface area contributed by atoms with Gasteiger partial charge in [-0.15, -0.1) is 0 Å². The lowest BCUT2D eigenvalue weighted by atomic mass is 9.86. The number of anilines is 2. The molecule has 3 aromatic carbocycles. The Hall–Kier alpha value is -3.81. The van der Waals surface area contributed by atoms with Gasteiger partial charge in [-0.1, -0.05) is 32.9 Å². The predicted molar refractivity (Wildman–Crippen MR) is 139 cm³/mol. The summed E-state index contributed by atoms with van der Waals surface area (Å²) in [5.41, 5.74) is 2.77. The van der Waals surface area contributed by atoms with E-state index in [1.54, 1.807) is 12.1 Å². The molecule has 0 radical (unpaired) electrons. The van der Waals surface area contributed by atoms with Gasteiger partial charge in [-0.2, -0.15) is 13.2 Å². The first kappa shape index (κ1) is 26.3. The molecule has 0 spiro atoms. The van der Waals surface area contributed by atoms with E-state index in [4.69, 9.17) is 0 Å². The van der Waals surface area contributed by atoms with Crippen molar-refractivity contribution in [1.82, 2.24) is 4.90 Å². The molecule has 8 heteroatoms. The van der Waals surface area contributed by atoms with E-state index in [0.717, 1.165) is 30.0 Å². The zero-order chi connectivity index (χ0) is 26.8. The third-order valence-electron chi connectivity index (χ3n) is 6.53. The molecule has 4 rings (SSSR count). The maximum absolute atomic E-state index is 12.9. The summed E-state index contributed by atoms with van der Waals surface area (Å²) in [6.07, 6.45) is -4.44. The number of carbonyl (C=O) groups excluding carboxylic acids is 2. The van der Waals surface area contributed by atoms with Crippen molar-refractivity contribution in [2.24, 2.45) is 0 Å². The zero-order valence-corrected chi connectivity index (χ0v) is 21.1. The molecule has 0 aliphatic carbocycles. The van der Waals surface area contributed by atoms with Crippen LogP contribution in [0.5, 0.6) is 0 Å². The SMILES string of the molecule is CC(C)(C)c1ccc(C(=O)N2CCN(c3ccc(NC(=O)c4ccc(C(F)(F)F)cc4)cc3)CC2)cc1. The maximum atomic E-state index is 12.9. The smallest absolute Gasteiger partial charge is 0.368 e. The maximum Gasteiger partial charge on any atom is 0.416 e. The van der Waals surface area contributed by atoms with Gasteiger partial charge >= 0.3 is 6.18 Å². The molecule has 3 aromatic rings. The monoisotopic (exact) mass is 509 g/mol. The van der Waals surface area contributed by atoms with Crippen molar-refractivity contribution >= 4 is 23.2 Å². The van der Waals surface area contributed by atoms with Crippen LogP contribution >= 0.6 is 0 Å². The average molecular weight is 510 g/mol. The number of benzene rings is 3. The standard InChI is InChI=1S/C29H30F3N3O2/c1-28(2,3)22-8-6-21(7-9-22)27(37)35-18-16-34(17-19-35)25-14-12-24(13-15-25)33-26(36)20-4-10-23(11-5-20)29(30,31)32/h4-15H,16-19H2,1-3H3,(H,33,36). The van der Waals surface area contributed by atoms with E-state index in [1.807, 2.05) is 41.3 Å². The van der Waals surface area contributed by atoms with Crippen LogP contribution in [-0.4, -0.2) is 42.9 Å². The summed E-state index contributed by atoms with van der Waals surface area (Å²) in [6.45, 7) is 9.00. The van der Waals surface area contributed by atoms with E-state index in [-0.39, 0.29) is 16.9 Å². The fraction of sp³-hybridized carbons (Fsp3) is 0.310. The molecule has 0 saturated carbocycles. The third kappa shape index (κ3) is 6.31. The second-order valence-electron chi connectivity index (χ2n) is 10.2. The Morgan fingerprint density at radius 2 is 1.22 bits per heavy atom. The minimum Gasteiger partial charge on any atom is -0.368 e. The van der Waals surface area contributed by atoms with Crippen LogP contribution in [0.25, 0.3) is 0 Å². The Bertz CT molecular complexity index is 1240. The lowest BCUT2D eigenvalue weighted by Crippen LogP contribution is -2.48. The molecule has 1 N–H and O–H groups in total. The van der Waals surface area contributed by atoms with Crippen LogP contribution in [0.3, 0.4) is 0 Å². The number of amides is 2. The number of nitrogens with one attached hydrogen (secondary N) is 1. The topological polar surface area (TPSA) is 52.7 Å². The molecule has 1 saturated heterocycles. The average Bonchev–Trinajstić information content (AvgIpc) is 2.88. The molecule has 1 aliphatic heterocycles. The molecule has 2 amide bonds. The van der Waals surface area contributed by atoms with Crippen LogP contribution in [0.1, 0.15) is 52.6 Å². The van der Waals surface area contributed by atoms with Crippen LogP contribution in [0.2, 0.25) is 0 Å². The Morgan fingerprint density at radius 3 is 1.73 bits per heavy atom. The molecule has 37 heavy (non-hydrogen) atoms. The van der Waals surface area contributed by atoms with E-state index >= 15 is 0 Å². The Labute approximate surface area is 214 Å². The molecule has 5 nitrogen and oxygen atoms in total. The van der Waals surface area contributed by atoms with Crippen molar-refractivity contribution in [2.75, 3.05) is 36.4 Å². The molecule has 0 bridgehead atoms. The lowest BCUT2D eigenvalue weighted by Gasteiger charge is -2.36. The fourth-order valence-corrected chi connectivity index (χ4v) is 4.23. The lowest BCUT2D eigenvalue weighted by molar-refractivity contribution is -0.137. The Balaban J connectivity index is 1.31. The van der Waals surface area contributed by atoms with E-state index < -0.39 is 17.6 Å². The van der Waals surface area contributed by atoms with E-state index in [0.29, 0.717) is 37.4 Å². The van der Waals surface area contributed by atoms with Crippen LogP contribution in [-0.2, 0) is 11.6 Å². The second-order valence-corrected chi connectivity index (χ2v) is 10.2. The number of carbonyl (C=O) groups is 2. The first-order chi connectivity index (χ1) is 17.4. The molecule has 0 aromatic heterocycles. The summed E-state index contributed by atoms with van der Waals surface area (Å²) in [7, 11) is 0. The van der Waals surface area contributed by atoms with Gasteiger partial charge < -0.3 is 15.1 Å². The van der Waals surface area contributed by atoms with Crippen LogP contribution < -0.4 is 10.2 Å². The molecule has 1 heterocycles. The zero-order valence-electron chi connectivity index (χ0n) is 21.1. The van der Waals surface area contributed by atoms with Crippen molar-refractivity contribution < 1.29 is 22.8 Å². The number of nitrogens with zero attached hydrogens (tertiary/aromatic N) is 2. The number of hydrogen-bond donors (Lipinski definition) is 1. The quantitative estimate of drug-likeness (QED) is 0.455. The summed E-state index contributed by atoms with van der Waals surface area (Å²) in [4.78, 5) is 29.4. The van der Waals surface area contributed by atoms with Gasteiger partial charge in [-0.05, 0) is 71.6 Å². The number of hydrogen-bond acceptors (Lipinski definition) is 3. The first-order valence-electron chi connectivity index (χ1n) is 12.2. The summed E-state index contributed by atoms with van der Waals surface area (Å²) in [5.74, 6) is -0.453. The van der Waals surface area contributed by atoms with Gasteiger partial charge in [0.15, 0.2) is 0 Å². The van der Waals surface area contributed by atoms with Crippen molar-refractivity contribution in [3.63, 3.8) is 0 Å². The Kier molecular flexibility index (Phi) is 7.30. The molecular weight excluding hydrogens is 479 g/mol. The highest BCUT2D eigenvalue weighted by atomic mass is 19.4. The molecule has 1 fully saturated rings. The summed E-state index contributed by atoms with van der Waals surface area (Å²) in [6, 6.07) is 19.2. The summed E-state index contributed by atoms with van der Waals surface area (Å²) >= 11 is 0. The molecular formula is C29H30F3N3O2. The highest BCUT2D eigenvalue weighted by molar-refractivity contribution is 6.04. The van der Waals surface area contributed by atoms with Gasteiger partial charge in [0.2, 0.25) is 0 Å². The third-order valence-corrected chi connectivity index (χ3v) is 6.53. The van der Waals surface area contributed by atoms with Crippen LogP contribution in [0.15, 0.2) is 72.8 Å². The van der Waals surface area contributed by atoms with Gasteiger partial charge in [-0.3, -0.25) is 9.59 Å². The van der Waals surface area contributed by atoms with Crippen molar-refractivity contribution in [1.29, 1.82) is 0 Å². The number of piperazine rings is 1. The fourth-order valence-electron chi connectivity index (χ4n) is 4.23.